The van der Waals surface area contributed by atoms with Gasteiger partial charge in [-0.3, -0.25) is 9.78 Å². The molecule has 190 valence electrons. The molecule has 2 aromatic carbocycles. The van der Waals surface area contributed by atoms with Crippen molar-refractivity contribution in [1.82, 2.24) is 29.3 Å². The van der Waals surface area contributed by atoms with Crippen LogP contribution in [0, 0.1) is 6.92 Å². The molecule has 11 heteroatoms. The van der Waals surface area contributed by atoms with Crippen molar-refractivity contribution in [3.05, 3.63) is 117 Å². The van der Waals surface area contributed by atoms with Crippen LogP contribution < -0.4 is 22.0 Å². The summed E-state index contributed by atoms with van der Waals surface area (Å²) >= 11 is 0. The summed E-state index contributed by atoms with van der Waals surface area (Å²) < 4.78 is 2.21. The van der Waals surface area contributed by atoms with Gasteiger partial charge in [0.05, 0.1) is 12.2 Å². The van der Waals surface area contributed by atoms with E-state index in [1.807, 2.05) is 43.3 Å². The van der Waals surface area contributed by atoms with Crippen molar-refractivity contribution in [3.63, 3.8) is 0 Å². The van der Waals surface area contributed by atoms with Gasteiger partial charge in [-0.2, -0.15) is 0 Å². The molecule has 0 fully saturated rings. The van der Waals surface area contributed by atoms with E-state index in [-0.39, 0.29) is 12.5 Å². The summed E-state index contributed by atoms with van der Waals surface area (Å²) in [5, 5.41) is 8.54. The molecular weight excluding hydrogens is 484 g/mol. The molecule has 1 amide bonds. The second kappa shape index (κ2) is 10.3. The number of pyridine rings is 1. The van der Waals surface area contributed by atoms with Crippen LogP contribution in [0.5, 0.6) is 0 Å². The quantitative estimate of drug-likeness (QED) is 0.307. The Hall–Kier alpha value is -5.32. The first kappa shape index (κ1) is 24.4. The number of nitrogens with zero attached hydrogens (tertiary/aromatic N) is 5. The van der Waals surface area contributed by atoms with Gasteiger partial charge in [0.15, 0.2) is 0 Å². The number of aromatic nitrogens is 6. The van der Waals surface area contributed by atoms with Gasteiger partial charge in [-0.15, -0.1) is 0 Å². The Balaban J connectivity index is 1.29. The maximum absolute atomic E-state index is 12.9. The first-order valence-corrected chi connectivity index (χ1v) is 11.7. The molecule has 5 aromatic rings. The van der Waals surface area contributed by atoms with E-state index >= 15 is 0 Å². The summed E-state index contributed by atoms with van der Waals surface area (Å²) in [4.78, 5) is 49.8. The van der Waals surface area contributed by atoms with E-state index in [2.05, 4.69) is 30.7 Å². The second-order valence-corrected chi connectivity index (χ2v) is 8.66. The predicted octanol–water partition coefficient (Wildman–Crippen LogP) is 3.08. The zero-order chi connectivity index (χ0) is 26.6. The summed E-state index contributed by atoms with van der Waals surface area (Å²) in [6.07, 6.45) is 5.12. The van der Waals surface area contributed by atoms with Crippen LogP contribution in [0.15, 0.2) is 88.8 Å². The Kier molecular flexibility index (Phi) is 6.64. The maximum atomic E-state index is 12.9. The fourth-order valence-corrected chi connectivity index (χ4v) is 3.86. The minimum absolute atomic E-state index is 0.105. The first-order valence-electron chi connectivity index (χ1n) is 11.7. The van der Waals surface area contributed by atoms with Crippen molar-refractivity contribution in [1.29, 1.82) is 0 Å². The number of amides is 1. The number of carbonyl (C=O) groups excluding carboxylic acids is 1. The van der Waals surface area contributed by atoms with E-state index in [0.29, 0.717) is 17.2 Å². The summed E-state index contributed by atoms with van der Waals surface area (Å²) in [6.45, 7) is 2.05. The van der Waals surface area contributed by atoms with Crippen LogP contribution in [0.2, 0.25) is 0 Å². The summed E-state index contributed by atoms with van der Waals surface area (Å²) in [6, 6.07) is 17.8. The summed E-state index contributed by atoms with van der Waals surface area (Å²) in [5.41, 5.74) is 4.15. The SMILES string of the molecule is Cc1ccc(NC(=O)c2ccc(Cn3c(=O)[nH]n(C)c3=O)cc2)cc1Nc1nccc(-c2cccnc2)n1. The van der Waals surface area contributed by atoms with Crippen LogP contribution in [-0.4, -0.2) is 35.2 Å². The minimum atomic E-state index is -0.489. The van der Waals surface area contributed by atoms with Gasteiger partial charge in [-0.25, -0.2) is 33.9 Å². The number of anilines is 3. The number of hydrogen-bond donors (Lipinski definition) is 3. The Morgan fingerprint density at radius 3 is 2.55 bits per heavy atom. The monoisotopic (exact) mass is 508 g/mol. The van der Waals surface area contributed by atoms with E-state index in [9.17, 15) is 14.4 Å². The van der Waals surface area contributed by atoms with Gasteiger partial charge in [0, 0.05) is 48.1 Å². The number of rotatable bonds is 7. The maximum Gasteiger partial charge on any atom is 0.346 e. The Morgan fingerprint density at radius 1 is 1.03 bits per heavy atom. The third-order valence-corrected chi connectivity index (χ3v) is 5.94. The standard InChI is InChI=1S/C27H24N8O3/c1-17-5-10-21(14-23(17)32-25-29-13-11-22(31-25)20-4-3-12-28-15-20)30-24(36)19-8-6-18(7-9-19)16-35-26(37)33-34(2)27(35)38/h3-15H,16H2,1-2H3,(H,30,36)(H,33,37)(H,29,31,32). The molecule has 38 heavy (non-hydrogen) atoms. The molecule has 0 radical (unpaired) electrons. The number of aromatic amines is 1. The van der Waals surface area contributed by atoms with Crippen LogP contribution in [0.3, 0.4) is 0 Å². The largest absolute Gasteiger partial charge is 0.346 e. The average molecular weight is 509 g/mol. The van der Waals surface area contributed by atoms with E-state index < -0.39 is 11.4 Å². The van der Waals surface area contributed by atoms with Gasteiger partial charge in [0.1, 0.15) is 0 Å². The number of hydrogen-bond acceptors (Lipinski definition) is 7. The highest BCUT2D eigenvalue weighted by molar-refractivity contribution is 6.04. The summed E-state index contributed by atoms with van der Waals surface area (Å²) in [5.74, 6) is 0.126. The lowest BCUT2D eigenvalue weighted by Crippen LogP contribution is -2.28. The third-order valence-electron chi connectivity index (χ3n) is 5.94. The number of carbonyl (C=O) groups is 1. The predicted molar refractivity (Wildman–Crippen MR) is 144 cm³/mol. The van der Waals surface area contributed by atoms with Crippen molar-refractivity contribution < 1.29 is 4.79 Å². The van der Waals surface area contributed by atoms with Crippen molar-refractivity contribution in [2.45, 2.75) is 13.5 Å². The molecule has 0 spiro atoms. The zero-order valence-electron chi connectivity index (χ0n) is 20.7. The molecule has 3 N–H and O–H groups in total. The molecular formula is C27H24N8O3. The average Bonchev–Trinajstić information content (AvgIpc) is 3.17. The third kappa shape index (κ3) is 5.26. The highest BCUT2D eigenvalue weighted by atomic mass is 16.2. The Morgan fingerprint density at radius 2 is 1.84 bits per heavy atom. The van der Waals surface area contributed by atoms with E-state index in [4.69, 9.17) is 0 Å². The molecule has 0 aliphatic rings. The number of aryl methyl sites for hydroxylation is 2. The molecule has 0 aliphatic heterocycles. The molecule has 0 unspecified atom stereocenters. The zero-order valence-corrected chi connectivity index (χ0v) is 20.7. The van der Waals surface area contributed by atoms with Gasteiger partial charge in [-0.05, 0) is 60.5 Å². The van der Waals surface area contributed by atoms with Crippen LogP contribution in [-0.2, 0) is 13.6 Å². The van der Waals surface area contributed by atoms with Crippen LogP contribution in [0.25, 0.3) is 11.3 Å². The lowest BCUT2D eigenvalue weighted by molar-refractivity contribution is 0.102. The molecule has 5 rings (SSSR count). The highest BCUT2D eigenvalue weighted by Crippen LogP contribution is 2.24. The lowest BCUT2D eigenvalue weighted by atomic mass is 10.1. The van der Waals surface area contributed by atoms with E-state index in [1.54, 1.807) is 42.9 Å². The Labute approximate surface area is 216 Å². The van der Waals surface area contributed by atoms with Crippen molar-refractivity contribution in [2.24, 2.45) is 7.05 Å². The van der Waals surface area contributed by atoms with E-state index in [1.165, 1.54) is 7.05 Å². The van der Waals surface area contributed by atoms with Crippen molar-refractivity contribution in [3.8, 4) is 11.3 Å². The number of nitrogens with one attached hydrogen (secondary N) is 3. The fraction of sp³-hybridized carbons (Fsp3) is 0.111. The molecule has 0 aliphatic carbocycles. The first-order chi connectivity index (χ1) is 18.4. The molecule has 0 atom stereocenters. The van der Waals surface area contributed by atoms with Gasteiger partial charge in [0.2, 0.25) is 5.95 Å². The molecule has 3 heterocycles. The van der Waals surface area contributed by atoms with Crippen LogP contribution >= 0.6 is 0 Å². The van der Waals surface area contributed by atoms with Gasteiger partial charge >= 0.3 is 11.4 Å². The van der Waals surface area contributed by atoms with Gasteiger partial charge < -0.3 is 10.6 Å². The van der Waals surface area contributed by atoms with E-state index in [0.717, 1.165) is 37.3 Å². The topological polar surface area (TPSA) is 140 Å². The summed E-state index contributed by atoms with van der Waals surface area (Å²) in [7, 11) is 1.48. The fourth-order valence-electron chi connectivity index (χ4n) is 3.86. The van der Waals surface area contributed by atoms with Crippen LogP contribution in [0.1, 0.15) is 21.5 Å². The molecule has 3 aromatic heterocycles. The van der Waals surface area contributed by atoms with Crippen molar-refractivity contribution >= 4 is 23.2 Å². The molecule has 0 bridgehead atoms. The minimum Gasteiger partial charge on any atom is -0.324 e. The number of benzene rings is 2. The molecule has 11 nitrogen and oxygen atoms in total. The smallest absolute Gasteiger partial charge is 0.324 e. The molecule has 0 saturated carbocycles. The second-order valence-electron chi connectivity index (χ2n) is 8.66. The Bertz CT molecular complexity index is 1720. The normalized spacial score (nSPS) is 10.8. The van der Waals surface area contributed by atoms with Gasteiger partial charge in [0.25, 0.3) is 5.91 Å². The highest BCUT2D eigenvalue weighted by Gasteiger charge is 2.11. The van der Waals surface area contributed by atoms with Crippen LogP contribution in [0.4, 0.5) is 17.3 Å². The number of H-pyrrole nitrogens is 1. The van der Waals surface area contributed by atoms with Crippen molar-refractivity contribution in [2.75, 3.05) is 10.6 Å². The van der Waals surface area contributed by atoms with Gasteiger partial charge in [-0.1, -0.05) is 18.2 Å². The lowest BCUT2D eigenvalue weighted by Gasteiger charge is -2.12. The molecule has 0 saturated heterocycles.